The zero-order valence-corrected chi connectivity index (χ0v) is 13.2. The van der Waals surface area contributed by atoms with Crippen molar-refractivity contribution in [1.82, 2.24) is 10.1 Å². The van der Waals surface area contributed by atoms with Gasteiger partial charge >= 0.3 is 0 Å². The lowest BCUT2D eigenvalue weighted by Gasteiger charge is -2.11. The first-order valence-corrected chi connectivity index (χ1v) is 7.41. The van der Waals surface area contributed by atoms with Crippen LogP contribution in [-0.2, 0) is 0 Å². The monoisotopic (exact) mass is 321 g/mol. The molecule has 1 heterocycles. The van der Waals surface area contributed by atoms with Crippen LogP contribution in [0.1, 0.15) is 19.4 Å². The summed E-state index contributed by atoms with van der Waals surface area (Å²) in [6, 6.07) is 13.9. The van der Waals surface area contributed by atoms with Crippen molar-refractivity contribution < 1.29 is 14.4 Å². The highest BCUT2D eigenvalue weighted by Gasteiger charge is 2.13. The van der Waals surface area contributed by atoms with Crippen molar-refractivity contribution in [2.24, 2.45) is 0 Å². The fourth-order valence-electron chi connectivity index (χ4n) is 2.16. The summed E-state index contributed by atoms with van der Waals surface area (Å²) in [7, 11) is 0. The minimum absolute atomic E-state index is 0.0194. The molecule has 0 amide bonds. The third kappa shape index (κ3) is 3.20. The number of nitrogens with zero attached hydrogens (tertiary/aromatic N) is 3. The second-order valence-electron chi connectivity index (χ2n) is 5.46. The van der Waals surface area contributed by atoms with E-state index in [1.165, 1.54) is 6.07 Å². The lowest BCUT2D eigenvalue weighted by Crippen LogP contribution is -2.05. The van der Waals surface area contributed by atoms with Gasteiger partial charge in [0.15, 0.2) is 11.5 Å². The van der Waals surface area contributed by atoms with Crippen LogP contribution in [0.4, 0.5) is 0 Å². The molecular formula is C18H15N3O3. The van der Waals surface area contributed by atoms with Crippen LogP contribution in [0.2, 0.25) is 0 Å². The molecule has 0 saturated heterocycles. The van der Waals surface area contributed by atoms with E-state index in [0.717, 1.165) is 5.56 Å². The number of rotatable bonds is 4. The minimum atomic E-state index is -0.0325. The van der Waals surface area contributed by atoms with Crippen LogP contribution in [0, 0.1) is 11.3 Å². The maximum Gasteiger partial charge on any atom is 0.258 e. The molecule has 0 aliphatic rings. The zero-order valence-electron chi connectivity index (χ0n) is 13.2. The molecule has 120 valence electrons. The molecular weight excluding hydrogens is 306 g/mol. The SMILES string of the molecule is CC(C)Oc1ccc(-c2noc(-c3ccc(C#N)cc3)n2)cc1O. The minimum Gasteiger partial charge on any atom is -0.504 e. The van der Waals surface area contributed by atoms with Crippen molar-refractivity contribution in [1.29, 1.82) is 5.26 Å². The molecule has 3 aromatic rings. The van der Waals surface area contributed by atoms with Gasteiger partial charge in [0.05, 0.1) is 17.7 Å². The molecule has 6 nitrogen and oxygen atoms in total. The van der Waals surface area contributed by atoms with Crippen LogP contribution in [0.15, 0.2) is 47.0 Å². The highest BCUT2D eigenvalue weighted by atomic mass is 16.5. The molecule has 3 rings (SSSR count). The lowest BCUT2D eigenvalue weighted by molar-refractivity contribution is 0.232. The van der Waals surface area contributed by atoms with Crippen molar-refractivity contribution >= 4 is 0 Å². The Labute approximate surface area is 138 Å². The molecule has 0 atom stereocenters. The van der Waals surface area contributed by atoms with E-state index in [1.807, 2.05) is 13.8 Å². The largest absolute Gasteiger partial charge is 0.504 e. The summed E-state index contributed by atoms with van der Waals surface area (Å²) >= 11 is 0. The summed E-state index contributed by atoms with van der Waals surface area (Å²) < 4.78 is 10.7. The second-order valence-corrected chi connectivity index (χ2v) is 5.46. The van der Waals surface area contributed by atoms with Crippen molar-refractivity contribution in [3.63, 3.8) is 0 Å². The van der Waals surface area contributed by atoms with Gasteiger partial charge in [-0.2, -0.15) is 10.2 Å². The molecule has 0 spiro atoms. The van der Waals surface area contributed by atoms with Crippen LogP contribution in [0.25, 0.3) is 22.8 Å². The molecule has 0 bridgehead atoms. The average Bonchev–Trinajstić information content (AvgIpc) is 3.06. The van der Waals surface area contributed by atoms with E-state index in [4.69, 9.17) is 14.5 Å². The maximum atomic E-state index is 10.0. The third-order valence-electron chi connectivity index (χ3n) is 3.27. The number of aromatic hydroxyl groups is 1. The Kier molecular flexibility index (Phi) is 4.17. The van der Waals surface area contributed by atoms with Gasteiger partial charge < -0.3 is 14.4 Å². The molecule has 2 aromatic carbocycles. The Balaban J connectivity index is 1.87. The van der Waals surface area contributed by atoms with E-state index in [1.54, 1.807) is 36.4 Å². The van der Waals surface area contributed by atoms with Gasteiger partial charge in [-0.25, -0.2) is 0 Å². The quantitative estimate of drug-likeness (QED) is 0.786. The molecule has 1 N–H and O–H groups in total. The fraction of sp³-hybridized carbons (Fsp3) is 0.167. The van der Waals surface area contributed by atoms with E-state index >= 15 is 0 Å². The van der Waals surface area contributed by atoms with Gasteiger partial charge in [-0.15, -0.1) is 0 Å². The molecule has 0 fully saturated rings. The highest BCUT2D eigenvalue weighted by Crippen LogP contribution is 2.32. The Morgan fingerprint density at radius 3 is 2.46 bits per heavy atom. The van der Waals surface area contributed by atoms with Gasteiger partial charge in [0.25, 0.3) is 5.89 Å². The molecule has 0 radical (unpaired) electrons. The van der Waals surface area contributed by atoms with Gasteiger partial charge in [0.1, 0.15) is 0 Å². The first kappa shape index (κ1) is 15.6. The van der Waals surface area contributed by atoms with Crippen molar-refractivity contribution in [3.8, 4) is 40.4 Å². The van der Waals surface area contributed by atoms with Crippen molar-refractivity contribution in [2.75, 3.05) is 0 Å². The van der Waals surface area contributed by atoms with Crippen LogP contribution >= 0.6 is 0 Å². The summed E-state index contributed by atoms with van der Waals surface area (Å²) in [6.07, 6.45) is -0.0325. The summed E-state index contributed by atoms with van der Waals surface area (Å²) in [5, 5.41) is 22.8. The van der Waals surface area contributed by atoms with E-state index in [2.05, 4.69) is 16.2 Å². The summed E-state index contributed by atoms with van der Waals surface area (Å²) in [5.74, 6) is 1.13. The van der Waals surface area contributed by atoms with Crippen LogP contribution in [-0.4, -0.2) is 21.4 Å². The smallest absolute Gasteiger partial charge is 0.258 e. The average molecular weight is 321 g/mol. The second kappa shape index (κ2) is 6.42. The van der Waals surface area contributed by atoms with Crippen LogP contribution < -0.4 is 4.74 Å². The van der Waals surface area contributed by atoms with Gasteiger partial charge in [-0.1, -0.05) is 5.16 Å². The van der Waals surface area contributed by atoms with Crippen molar-refractivity contribution in [3.05, 3.63) is 48.0 Å². The number of ether oxygens (including phenoxy) is 1. The number of benzene rings is 2. The Morgan fingerprint density at radius 1 is 1.12 bits per heavy atom. The van der Waals surface area contributed by atoms with Crippen LogP contribution in [0.5, 0.6) is 11.5 Å². The normalized spacial score (nSPS) is 10.6. The Morgan fingerprint density at radius 2 is 1.83 bits per heavy atom. The molecule has 0 aliphatic heterocycles. The molecule has 1 aromatic heterocycles. The topological polar surface area (TPSA) is 92.2 Å². The summed E-state index contributed by atoms with van der Waals surface area (Å²) in [6.45, 7) is 3.77. The Bertz CT molecular complexity index is 893. The lowest BCUT2D eigenvalue weighted by atomic mass is 10.1. The first-order chi connectivity index (χ1) is 11.6. The van der Waals surface area contributed by atoms with Crippen molar-refractivity contribution in [2.45, 2.75) is 20.0 Å². The van der Waals surface area contributed by atoms with E-state index in [-0.39, 0.29) is 11.9 Å². The molecule has 0 unspecified atom stereocenters. The number of hydrogen-bond acceptors (Lipinski definition) is 6. The highest BCUT2D eigenvalue weighted by molar-refractivity contribution is 5.63. The maximum absolute atomic E-state index is 10.0. The van der Waals surface area contributed by atoms with Gasteiger partial charge in [0, 0.05) is 11.1 Å². The van der Waals surface area contributed by atoms with E-state index in [0.29, 0.717) is 28.6 Å². The standard InChI is InChI=1S/C18H15N3O3/c1-11(2)23-16-8-7-14(9-15(16)22)17-20-18(24-21-17)13-5-3-12(10-19)4-6-13/h3-9,11,22H,1-2H3. The number of nitriles is 1. The predicted octanol–water partition coefficient (Wildman–Crippen LogP) is 3.77. The number of hydrogen-bond donors (Lipinski definition) is 1. The van der Waals surface area contributed by atoms with E-state index in [9.17, 15) is 5.11 Å². The first-order valence-electron chi connectivity index (χ1n) is 7.41. The van der Waals surface area contributed by atoms with E-state index < -0.39 is 0 Å². The predicted molar refractivity (Wildman–Crippen MR) is 87.3 cm³/mol. The molecule has 24 heavy (non-hydrogen) atoms. The number of phenolic OH excluding ortho intramolecular Hbond substituents is 1. The zero-order chi connectivity index (χ0) is 17.1. The number of phenols is 1. The van der Waals surface area contributed by atoms with Gasteiger partial charge in [0.2, 0.25) is 5.82 Å². The van der Waals surface area contributed by atoms with Gasteiger partial charge in [-0.05, 0) is 56.3 Å². The molecule has 0 saturated carbocycles. The Hall–Kier alpha value is -3.33. The summed E-state index contributed by atoms with van der Waals surface area (Å²) in [5.41, 5.74) is 1.90. The van der Waals surface area contributed by atoms with Crippen LogP contribution in [0.3, 0.4) is 0 Å². The molecule has 0 aliphatic carbocycles. The fourth-order valence-corrected chi connectivity index (χ4v) is 2.16. The number of aromatic nitrogens is 2. The third-order valence-corrected chi connectivity index (χ3v) is 3.27. The summed E-state index contributed by atoms with van der Waals surface area (Å²) in [4.78, 5) is 4.33. The molecule has 6 heteroatoms. The van der Waals surface area contributed by atoms with Gasteiger partial charge in [-0.3, -0.25) is 0 Å².